The third-order valence-corrected chi connectivity index (χ3v) is 5.75. The molecule has 0 N–H and O–H groups in total. The van der Waals surface area contributed by atoms with Gasteiger partial charge < -0.3 is 4.84 Å². The molecule has 7 heteroatoms. The van der Waals surface area contributed by atoms with Gasteiger partial charge in [0.05, 0.1) is 11.6 Å². The number of nitrogens with zero attached hydrogens (tertiary/aromatic N) is 1. The van der Waals surface area contributed by atoms with Gasteiger partial charge in [-0.15, -0.1) is 11.6 Å². The molecule has 0 radical (unpaired) electrons. The fourth-order valence-electron chi connectivity index (χ4n) is 1.81. The lowest BCUT2D eigenvalue weighted by Crippen LogP contribution is -2.28. The Morgan fingerprint density at radius 3 is 2.70 bits per heavy atom. The topological polar surface area (TPSA) is 55.7 Å². The van der Waals surface area contributed by atoms with Crippen molar-refractivity contribution < 1.29 is 13.3 Å². The number of alkyl halides is 1. The number of rotatable bonds is 3. The van der Waals surface area contributed by atoms with E-state index in [1.165, 1.54) is 0 Å². The number of oxime groups is 1. The van der Waals surface area contributed by atoms with Gasteiger partial charge in [0.2, 0.25) is 0 Å². The van der Waals surface area contributed by atoms with Crippen molar-refractivity contribution in [2.24, 2.45) is 5.16 Å². The van der Waals surface area contributed by atoms with Crippen molar-refractivity contribution in [2.45, 2.75) is 31.6 Å². The Morgan fingerprint density at radius 1 is 1.45 bits per heavy atom. The van der Waals surface area contributed by atoms with Crippen LogP contribution >= 0.6 is 23.2 Å². The molecular weight excluding hydrogens is 321 g/mol. The molecule has 1 aliphatic rings. The lowest BCUT2D eigenvalue weighted by molar-refractivity contribution is 0.0152. The highest BCUT2D eigenvalue weighted by molar-refractivity contribution is 8.05. The average Bonchev–Trinajstić information content (AvgIpc) is 2.78. The van der Waals surface area contributed by atoms with E-state index in [4.69, 9.17) is 28.0 Å². The van der Waals surface area contributed by atoms with E-state index in [1.807, 2.05) is 6.92 Å². The van der Waals surface area contributed by atoms with Crippen LogP contribution in [0.2, 0.25) is 5.02 Å². The van der Waals surface area contributed by atoms with E-state index in [0.717, 1.165) is 5.56 Å². The number of halogens is 2. The van der Waals surface area contributed by atoms with Crippen molar-refractivity contribution in [3.05, 3.63) is 34.3 Å². The molecule has 0 bridgehead atoms. The Bertz CT molecular complexity index is 658. The summed E-state index contributed by atoms with van der Waals surface area (Å²) in [6, 6.07) is 5.20. The number of hydrogen-bond acceptors (Lipinski definition) is 4. The van der Waals surface area contributed by atoms with Gasteiger partial charge in [-0.25, -0.2) is 8.42 Å². The highest BCUT2D eigenvalue weighted by atomic mass is 35.5. The van der Waals surface area contributed by atoms with Crippen LogP contribution < -0.4 is 0 Å². The van der Waals surface area contributed by atoms with E-state index < -0.39 is 15.4 Å². The number of hydrogen-bond donors (Lipinski definition) is 0. The van der Waals surface area contributed by atoms with Crippen molar-refractivity contribution in [3.8, 4) is 0 Å². The van der Waals surface area contributed by atoms with Crippen LogP contribution in [0.1, 0.15) is 24.5 Å². The van der Waals surface area contributed by atoms with E-state index in [9.17, 15) is 8.42 Å². The number of sulfone groups is 1. The maximum atomic E-state index is 12.3. The second-order valence-electron chi connectivity index (χ2n) is 5.18. The minimum Gasteiger partial charge on any atom is -0.387 e. The molecule has 0 aliphatic carbocycles. The van der Waals surface area contributed by atoms with Gasteiger partial charge in [-0.05, 0) is 31.0 Å². The minimum atomic E-state index is -3.52. The Hall–Kier alpha value is -0.780. The van der Waals surface area contributed by atoms with Gasteiger partial charge in [0.25, 0.3) is 0 Å². The molecule has 1 atom stereocenters. The molecule has 2 rings (SSSR count). The highest BCUT2D eigenvalue weighted by Gasteiger charge is 2.39. The highest BCUT2D eigenvalue weighted by Crippen LogP contribution is 2.28. The molecule has 1 unspecified atom stereocenters. The molecule has 1 aromatic carbocycles. The Morgan fingerprint density at radius 2 is 2.15 bits per heavy atom. The normalized spacial score (nSPS) is 22.5. The first kappa shape index (κ1) is 15.6. The predicted octanol–water partition coefficient (Wildman–Crippen LogP) is 3.29. The van der Waals surface area contributed by atoms with Crippen molar-refractivity contribution >= 4 is 38.1 Å². The van der Waals surface area contributed by atoms with E-state index in [-0.39, 0.29) is 23.1 Å². The molecule has 0 saturated carbocycles. The first-order valence-corrected chi connectivity index (χ1v) is 8.61. The maximum absolute atomic E-state index is 12.3. The molecule has 1 aromatic rings. The van der Waals surface area contributed by atoms with Crippen LogP contribution in [0.25, 0.3) is 0 Å². The zero-order chi connectivity index (χ0) is 15.0. The van der Waals surface area contributed by atoms with Gasteiger partial charge in [-0.1, -0.05) is 28.9 Å². The van der Waals surface area contributed by atoms with Crippen LogP contribution in [-0.4, -0.2) is 24.9 Å². The van der Waals surface area contributed by atoms with Crippen molar-refractivity contribution in [2.75, 3.05) is 5.88 Å². The third-order valence-electron chi connectivity index (χ3n) is 3.13. The molecule has 0 amide bonds. The Balaban J connectivity index is 2.18. The summed E-state index contributed by atoms with van der Waals surface area (Å²) in [5.74, 6) is 0.0411. The van der Waals surface area contributed by atoms with Crippen LogP contribution in [0.15, 0.2) is 23.4 Å². The molecule has 1 aliphatic heterocycles. The summed E-state index contributed by atoms with van der Waals surface area (Å²) in [5.41, 5.74) is 0.793. The zero-order valence-electron chi connectivity index (χ0n) is 11.2. The molecule has 20 heavy (non-hydrogen) atoms. The van der Waals surface area contributed by atoms with Crippen LogP contribution in [-0.2, 0) is 20.4 Å². The van der Waals surface area contributed by atoms with Gasteiger partial charge in [0.15, 0.2) is 20.5 Å². The predicted molar refractivity (Wildman–Crippen MR) is 81.1 cm³/mol. The van der Waals surface area contributed by atoms with Gasteiger partial charge in [0, 0.05) is 11.4 Å². The van der Waals surface area contributed by atoms with E-state index in [2.05, 4.69) is 5.16 Å². The standard InChI is InChI=1S/C13H15Cl2NO3S/c1-9-3-4-10(5-11(9)15)7-20(17,18)12-6-13(2,8-14)19-16-12/h3-5H,6-8H2,1-2H3. The molecule has 0 aromatic heterocycles. The molecule has 0 spiro atoms. The second-order valence-corrected chi connectivity index (χ2v) is 7.84. The lowest BCUT2D eigenvalue weighted by atomic mass is 10.1. The van der Waals surface area contributed by atoms with Gasteiger partial charge in [-0.2, -0.15) is 0 Å². The molecular formula is C13H15Cl2NO3S. The van der Waals surface area contributed by atoms with Crippen LogP contribution in [0.4, 0.5) is 0 Å². The Labute approximate surface area is 128 Å². The fraction of sp³-hybridized carbons (Fsp3) is 0.462. The van der Waals surface area contributed by atoms with E-state index in [0.29, 0.717) is 10.6 Å². The third kappa shape index (κ3) is 3.27. The van der Waals surface area contributed by atoms with Gasteiger partial charge in [0.1, 0.15) is 0 Å². The molecule has 0 saturated heterocycles. The molecule has 110 valence electrons. The zero-order valence-corrected chi connectivity index (χ0v) is 13.5. The number of aryl methyl sites for hydroxylation is 1. The molecule has 4 nitrogen and oxygen atoms in total. The van der Waals surface area contributed by atoms with Gasteiger partial charge >= 0.3 is 0 Å². The minimum absolute atomic E-state index is 0.0392. The second kappa shape index (κ2) is 5.54. The quantitative estimate of drug-likeness (QED) is 0.796. The van der Waals surface area contributed by atoms with Crippen LogP contribution in [0, 0.1) is 6.92 Å². The van der Waals surface area contributed by atoms with Crippen molar-refractivity contribution in [1.82, 2.24) is 0 Å². The lowest BCUT2D eigenvalue weighted by Gasteiger charge is -2.16. The first-order valence-electron chi connectivity index (χ1n) is 6.04. The van der Waals surface area contributed by atoms with Crippen LogP contribution in [0.5, 0.6) is 0 Å². The molecule has 1 heterocycles. The monoisotopic (exact) mass is 335 g/mol. The average molecular weight is 336 g/mol. The van der Waals surface area contributed by atoms with Crippen molar-refractivity contribution in [3.63, 3.8) is 0 Å². The smallest absolute Gasteiger partial charge is 0.199 e. The summed E-state index contributed by atoms with van der Waals surface area (Å²) in [6.07, 6.45) is 0.193. The summed E-state index contributed by atoms with van der Waals surface area (Å²) in [6.45, 7) is 3.59. The fourth-order valence-corrected chi connectivity index (χ4v) is 3.62. The summed E-state index contributed by atoms with van der Waals surface area (Å²) in [4.78, 5) is 5.12. The van der Waals surface area contributed by atoms with Gasteiger partial charge in [-0.3, -0.25) is 0 Å². The van der Waals surface area contributed by atoms with E-state index in [1.54, 1.807) is 25.1 Å². The van der Waals surface area contributed by atoms with E-state index >= 15 is 0 Å². The van der Waals surface area contributed by atoms with Crippen LogP contribution in [0.3, 0.4) is 0 Å². The largest absolute Gasteiger partial charge is 0.387 e. The summed E-state index contributed by atoms with van der Waals surface area (Å²) < 4.78 is 24.6. The van der Waals surface area contributed by atoms with Crippen molar-refractivity contribution in [1.29, 1.82) is 0 Å². The summed E-state index contributed by atoms with van der Waals surface area (Å²) >= 11 is 11.8. The molecule has 0 fully saturated rings. The summed E-state index contributed by atoms with van der Waals surface area (Å²) in [5, 5.41) is 4.27. The Kier molecular flexibility index (Phi) is 4.33. The summed E-state index contributed by atoms with van der Waals surface area (Å²) in [7, 11) is -3.52. The number of benzene rings is 1. The maximum Gasteiger partial charge on any atom is 0.199 e. The SMILES string of the molecule is Cc1ccc(CS(=O)(=O)C2=NOC(C)(CCl)C2)cc1Cl. The first-order chi connectivity index (χ1) is 9.26.